The van der Waals surface area contributed by atoms with Crippen LogP contribution in [0.5, 0.6) is 0 Å². The standard InChI is InChI=1S/C8H3F5INO/c9-7(10)5-3(2-16)6(8(11,12)13)15-1-4(5)14/h1-2,7H. The molecule has 0 spiro atoms. The SMILES string of the molecule is O=Cc1c(C(F)(F)F)ncc(I)c1C(F)F. The second-order valence-electron chi connectivity index (χ2n) is 2.70. The average Bonchev–Trinajstić information content (AvgIpc) is 2.14. The fourth-order valence-corrected chi connectivity index (χ4v) is 1.75. The molecule has 0 aromatic carbocycles. The summed E-state index contributed by atoms with van der Waals surface area (Å²) in [4.78, 5) is 13.4. The molecule has 0 bridgehead atoms. The highest BCUT2D eigenvalue weighted by Crippen LogP contribution is 2.35. The average molecular weight is 351 g/mol. The van der Waals surface area contributed by atoms with Crippen LogP contribution in [0, 0.1) is 3.57 Å². The van der Waals surface area contributed by atoms with Gasteiger partial charge in [0, 0.05) is 15.3 Å². The van der Waals surface area contributed by atoms with Gasteiger partial charge in [-0.1, -0.05) is 0 Å². The van der Waals surface area contributed by atoms with E-state index in [-0.39, 0.29) is 9.86 Å². The Morgan fingerprint density at radius 3 is 2.31 bits per heavy atom. The second-order valence-corrected chi connectivity index (χ2v) is 3.86. The van der Waals surface area contributed by atoms with Crippen molar-refractivity contribution in [3.05, 3.63) is 26.6 Å². The number of nitrogens with zero attached hydrogens (tertiary/aromatic N) is 1. The molecule has 0 fully saturated rings. The molecule has 0 atom stereocenters. The molecule has 0 amide bonds. The Labute approximate surface area is 100.0 Å². The smallest absolute Gasteiger partial charge is 0.298 e. The molecular formula is C8H3F5INO. The minimum atomic E-state index is -4.93. The van der Waals surface area contributed by atoms with Crippen molar-refractivity contribution in [1.29, 1.82) is 0 Å². The summed E-state index contributed by atoms with van der Waals surface area (Å²) in [6.45, 7) is 0. The summed E-state index contributed by atoms with van der Waals surface area (Å²) < 4.78 is 61.8. The zero-order valence-corrected chi connectivity index (χ0v) is 9.51. The lowest BCUT2D eigenvalue weighted by Crippen LogP contribution is -2.15. The number of hydrogen-bond donors (Lipinski definition) is 0. The Bertz CT molecular complexity index is 418. The molecule has 0 saturated carbocycles. The molecule has 1 aromatic rings. The number of alkyl halides is 5. The molecule has 88 valence electrons. The first-order valence-electron chi connectivity index (χ1n) is 3.78. The molecule has 0 saturated heterocycles. The van der Waals surface area contributed by atoms with Crippen LogP contribution in [0.25, 0.3) is 0 Å². The Balaban J connectivity index is 3.56. The fraction of sp³-hybridized carbons (Fsp3) is 0.250. The minimum Gasteiger partial charge on any atom is -0.298 e. The highest BCUT2D eigenvalue weighted by Gasteiger charge is 2.38. The lowest BCUT2D eigenvalue weighted by Gasteiger charge is -2.12. The van der Waals surface area contributed by atoms with Crippen molar-refractivity contribution >= 4 is 28.9 Å². The van der Waals surface area contributed by atoms with Crippen LogP contribution in [-0.4, -0.2) is 11.3 Å². The Morgan fingerprint density at radius 2 is 1.94 bits per heavy atom. The second kappa shape index (κ2) is 4.60. The predicted octanol–water partition coefficient (Wildman–Crippen LogP) is 3.46. The lowest BCUT2D eigenvalue weighted by molar-refractivity contribution is -0.141. The molecule has 16 heavy (non-hydrogen) atoms. The number of carbonyl (C=O) groups excluding carboxylic acids is 1. The van der Waals surface area contributed by atoms with Gasteiger partial charge in [0.25, 0.3) is 6.43 Å². The quantitative estimate of drug-likeness (QED) is 0.464. The first-order valence-corrected chi connectivity index (χ1v) is 4.85. The highest BCUT2D eigenvalue weighted by atomic mass is 127. The molecule has 1 heterocycles. The number of halogens is 6. The number of hydrogen-bond acceptors (Lipinski definition) is 2. The van der Waals surface area contributed by atoms with Crippen LogP contribution in [0.1, 0.15) is 28.0 Å². The van der Waals surface area contributed by atoms with Crippen LogP contribution in [0.3, 0.4) is 0 Å². The fourth-order valence-electron chi connectivity index (χ4n) is 1.08. The Kier molecular flexibility index (Phi) is 3.81. The molecule has 1 aromatic heterocycles. The molecule has 2 nitrogen and oxygen atoms in total. The van der Waals surface area contributed by atoms with Gasteiger partial charge in [0.2, 0.25) is 0 Å². The summed E-state index contributed by atoms with van der Waals surface area (Å²) in [7, 11) is 0. The third-order valence-corrected chi connectivity index (χ3v) is 2.57. The summed E-state index contributed by atoms with van der Waals surface area (Å²) in [6, 6.07) is 0. The van der Waals surface area contributed by atoms with Gasteiger partial charge in [0.1, 0.15) is 0 Å². The molecule has 0 unspecified atom stereocenters. The van der Waals surface area contributed by atoms with Gasteiger partial charge in [-0.2, -0.15) is 13.2 Å². The van der Waals surface area contributed by atoms with E-state index in [4.69, 9.17) is 0 Å². The zero-order valence-electron chi connectivity index (χ0n) is 7.36. The van der Waals surface area contributed by atoms with Crippen molar-refractivity contribution in [3.63, 3.8) is 0 Å². The van der Waals surface area contributed by atoms with Gasteiger partial charge in [0.15, 0.2) is 12.0 Å². The van der Waals surface area contributed by atoms with E-state index in [1.165, 1.54) is 22.6 Å². The molecule has 0 aliphatic carbocycles. The normalized spacial score (nSPS) is 11.9. The van der Waals surface area contributed by atoms with E-state index >= 15 is 0 Å². The summed E-state index contributed by atoms with van der Waals surface area (Å²) in [5, 5.41) is 0. The van der Waals surface area contributed by atoms with E-state index in [0.717, 1.165) is 0 Å². The van der Waals surface area contributed by atoms with Crippen molar-refractivity contribution in [2.45, 2.75) is 12.6 Å². The van der Waals surface area contributed by atoms with Gasteiger partial charge in [-0.25, -0.2) is 13.8 Å². The van der Waals surface area contributed by atoms with E-state index in [0.29, 0.717) is 6.20 Å². The molecule has 0 radical (unpaired) electrons. The number of pyridine rings is 1. The molecule has 1 rings (SSSR count). The van der Waals surface area contributed by atoms with Gasteiger partial charge in [0.05, 0.1) is 5.56 Å². The molecular weight excluding hydrogens is 348 g/mol. The van der Waals surface area contributed by atoms with Crippen molar-refractivity contribution in [1.82, 2.24) is 4.98 Å². The Morgan fingerprint density at radius 1 is 1.38 bits per heavy atom. The van der Waals surface area contributed by atoms with E-state index in [2.05, 4.69) is 4.98 Å². The van der Waals surface area contributed by atoms with Crippen molar-refractivity contribution in [3.8, 4) is 0 Å². The zero-order chi connectivity index (χ0) is 12.5. The molecule has 0 aliphatic heterocycles. The van der Waals surface area contributed by atoms with Crippen LogP contribution < -0.4 is 0 Å². The molecule has 0 N–H and O–H groups in total. The monoisotopic (exact) mass is 351 g/mol. The first kappa shape index (κ1) is 13.3. The molecule has 8 heteroatoms. The lowest BCUT2D eigenvalue weighted by atomic mass is 10.1. The van der Waals surface area contributed by atoms with E-state index < -0.39 is 29.4 Å². The number of aromatic nitrogens is 1. The van der Waals surface area contributed by atoms with E-state index in [9.17, 15) is 26.7 Å². The van der Waals surface area contributed by atoms with Crippen molar-refractivity contribution in [2.24, 2.45) is 0 Å². The van der Waals surface area contributed by atoms with Crippen molar-refractivity contribution < 1.29 is 26.7 Å². The third kappa shape index (κ3) is 2.47. The van der Waals surface area contributed by atoms with Crippen LogP contribution in [-0.2, 0) is 6.18 Å². The summed E-state index contributed by atoms with van der Waals surface area (Å²) in [5.74, 6) is 0. The van der Waals surface area contributed by atoms with E-state index in [1.54, 1.807) is 0 Å². The van der Waals surface area contributed by atoms with Crippen LogP contribution in [0.15, 0.2) is 6.20 Å². The maximum atomic E-state index is 12.5. The van der Waals surface area contributed by atoms with E-state index in [1.807, 2.05) is 0 Å². The predicted molar refractivity (Wildman–Crippen MR) is 52.3 cm³/mol. The minimum absolute atomic E-state index is 0.178. The van der Waals surface area contributed by atoms with Gasteiger partial charge in [-0.05, 0) is 22.6 Å². The van der Waals surface area contributed by atoms with Gasteiger partial charge >= 0.3 is 6.18 Å². The van der Waals surface area contributed by atoms with Crippen molar-refractivity contribution in [2.75, 3.05) is 0 Å². The van der Waals surface area contributed by atoms with Crippen LogP contribution >= 0.6 is 22.6 Å². The van der Waals surface area contributed by atoms with Gasteiger partial charge in [-0.3, -0.25) is 4.79 Å². The number of aldehydes is 1. The summed E-state index contributed by atoms with van der Waals surface area (Å²) in [6.07, 6.45) is -7.67. The number of rotatable bonds is 2. The Hall–Kier alpha value is -0.800. The third-order valence-electron chi connectivity index (χ3n) is 1.71. The van der Waals surface area contributed by atoms with Gasteiger partial charge in [-0.15, -0.1) is 0 Å². The highest BCUT2D eigenvalue weighted by molar-refractivity contribution is 14.1. The topological polar surface area (TPSA) is 30.0 Å². The first-order chi connectivity index (χ1) is 7.29. The summed E-state index contributed by atoms with van der Waals surface area (Å²) in [5.41, 5.74) is -3.62. The van der Waals surface area contributed by atoms with Crippen LogP contribution in [0.4, 0.5) is 22.0 Å². The maximum absolute atomic E-state index is 12.5. The molecule has 0 aliphatic rings. The largest absolute Gasteiger partial charge is 0.434 e. The van der Waals surface area contributed by atoms with Gasteiger partial charge < -0.3 is 0 Å². The summed E-state index contributed by atoms with van der Waals surface area (Å²) >= 11 is 1.40. The maximum Gasteiger partial charge on any atom is 0.434 e. The number of carbonyl (C=O) groups is 1. The van der Waals surface area contributed by atoms with Crippen LogP contribution in [0.2, 0.25) is 0 Å².